The number of hydrogen-bond acceptors (Lipinski definition) is 4. The van der Waals surface area contributed by atoms with Crippen molar-refractivity contribution in [1.82, 2.24) is 0 Å². The number of thiophene rings is 1. The van der Waals surface area contributed by atoms with E-state index in [0.29, 0.717) is 13.2 Å². The zero-order valence-electron chi connectivity index (χ0n) is 8.28. The topological polar surface area (TPSA) is 55.5 Å². The molecule has 0 radical (unpaired) electrons. The predicted molar refractivity (Wildman–Crippen MR) is 63.9 cm³/mol. The van der Waals surface area contributed by atoms with Crippen LogP contribution in [0.4, 0.5) is 0 Å². The summed E-state index contributed by atoms with van der Waals surface area (Å²) in [5, 5.41) is 11.3. The second-order valence-electron chi connectivity index (χ2n) is 3.87. The maximum atomic E-state index is 9.33. The molecule has 1 aromatic rings. The first-order chi connectivity index (χ1) is 7.16. The van der Waals surface area contributed by atoms with Crippen molar-refractivity contribution < 1.29 is 9.84 Å². The molecule has 0 amide bonds. The van der Waals surface area contributed by atoms with Crippen LogP contribution in [0.25, 0.3) is 0 Å². The molecule has 15 heavy (non-hydrogen) atoms. The largest absolute Gasteiger partial charge is 0.396 e. The first-order valence-corrected chi connectivity index (χ1v) is 6.56. The van der Waals surface area contributed by atoms with E-state index < -0.39 is 5.54 Å². The van der Waals surface area contributed by atoms with Crippen LogP contribution >= 0.6 is 27.3 Å². The average Bonchev–Trinajstić information content (AvgIpc) is 2.66. The zero-order chi connectivity index (χ0) is 10.9. The first-order valence-electron chi connectivity index (χ1n) is 4.89. The summed E-state index contributed by atoms with van der Waals surface area (Å²) in [6.07, 6.45) is 0.769. The van der Waals surface area contributed by atoms with Crippen LogP contribution in [0.5, 0.6) is 0 Å². The van der Waals surface area contributed by atoms with E-state index in [-0.39, 0.29) is 12.5 Å². The van der Waals surface area contributed by atoms with Gasteiger partial charge < -0.3 is 15.6 Å². The molecule has 1 saturated heterocycles. The Morgan fingerprint density at radius 1 is 1.73 bits per heavy atom. The van der Waals surface area contributed by atoms with Crippen LogP contribution < -0.4 is 5.73 Å². The fraction of sp³-hybridized carbons (Fsp3) is 0.600. The molecule has 84 valence electrons. The van der Waals surface area contributed by atoms with Gasteiger partial charge in [-0.05, 0) is 28.4 Å². The molecule has 2 heterocycles. The quantitative estimate of drug-likeness (QED) is 0.872. The number of aliphatic hydroxyl groups is 1. The lowest BCUT2D eigenvalue weighted by Gasteiger charge is -2.39. The van der Waals surface area contributed by atoms with Crippen LogP contribution in [-0.2, 0) is 10.3 Å². The molecule has 0 spiro atoms. The molecule has 2 atom stereocenters. The highest BCUT2D eigenvalue weighted by Gasteiger charge is 2.40. The molecular weight excluding hydrogens is 278 g/mol. The summed E-state index contributed by atoms with van der Waals surface area (Å²) in [5.41, 5.74) is 5.97. The monoisotopic (exact) mass is 291 g/mol. The number of ether oxygens (including phenoxy) is 1. The van der Waals surface area contributed by atoms with E-state index in [1.54, 1.807) is 11.3 Å². The SMILES string of the molecule is NC1(c2cc(Br)cs2)CCOC[C@H]1CO. The van der Waals surface area contributed by atoms with Gasteiger partial charge in [0, 0.05) is 27.3 Å². The Morgan fingerprint density at radius 3 is 3.13 bits per heavy atom. The molecule has 0 bridgehead atoms. The van der Waals surface area contributed by atoms with Crippen molar-refractivity contribution >= 4 is 27.3 Å². The Labute approximate surface area is 101 Å². The summed E-state index contributed by atoms with van der Waals surface area (Å²) in [5.74, 6) is -0.00296. The minimum atomic E-state index is -0.427. The Bertz CT molecular complexity index is 344. The fourth-order valence-electron chi connectivity index (χ4n) is 1.92. The fourth-order valence-corrected chi connectivity index (χ4v) is 3.57. The van der Waals surface area contributed by atoms with Crippen molar-refractivity contribution in [2.24, 2.45) is 11.7 Å². The second kappa shape index (κ2) is 4.51. The highest BCUT2D eigenvalue weighted by molar-refractivity contribution is 9.10. The van der Waals surface area contributed by atoms with E-state index in [1.807, 2.05) is 11.4 Å². The third-order valence-electron chi connectivity index (χ3n) is 2.95. The smallest absolute Gasteiger partial charge is 0.0598 e. The molecule has 3 nitrogen and oxygen atoms in total. The Balaban J connectivity index is 2.29. The second-order valence-corrected chi connectivity index (χ2v) is 5.70. The van der Waals surface area contributed by atoms with Gasteiger partial charge in [0.15, 0.2) is 0 Å². The van der Waals surface area contributed by atoms with E-state index in [0.717, 1.165) is 15.8 Å². The van der Waals surface area contributed by atoms with Crippen molar-refractivity contribution in [3.8, 4) is 0 Å². The molecule has 1 unspecified atom stereocenters. The lowest BCUT2D eigenvalue weighted by atomic mass is 9.80. The molecule has 0 aromatic carbocycles. The highest BCUT2D eigenvalue weighted by Crippen LogP contribution is 2.38. The average molecular weight is 292 g/mol. The molecule has 1 aromatic heterocycles. The molecule has 1 aliphatic heterocycles. The predicted octanol–water partition coefficient (Wildman–Crippen LogP) is 1.69. The van der Waals surface area contributed by atoms with Crippen molar-refractivity contribution in [3.63, 3.8) is 0 Å². The zero-order valence-corrected chi connectivity index (χ0v) is 10.7. The van der Waals surface area contributed by atoms with Crippen LogP contribution in [0, 0.1) is 5.92 Å². The lowest BCUT2D eigenvalue weighted by Crippen LogP contribution is -2.51. The standard InChI is InChI=1S/C10H14BrNO2S/c11-8-3-9(15-6-8)10(12)1-2-14-5-7(10)4-13/h3,6-7,13H,1-2,4-5,12H2/t7-,10?/m1/s1. The molecule has 2 rings (SSSR count). The Kier molecular flexibility index (Phi) is 3.47. The Morgan fingerprint density at radius 2 is 2.53 bits per heavy atom. The number of nitrogens with two attached hydrogens (primary N) is 1. The van der Waals surface area contributed by atoms with Gasteiger partial charge >= 0.3 is 0 Å². The molecule has 0 saturated carbocycles. The van der Waals surface area contributed by atoms with Gasteiger partial charge in [0.2, 0.25) is 0 Å². The molecule has 5 heteroatoms. The molecule has 1 aliphatic rings. The minimum Gasteiger partial charge on any atom is -0.396 e. The van der Waals surface area contributed by atoms with E-state index >= 15 is 0 Å². The van der Waals surface area contributed by atoms with Gasteiger partial charge in [0.05, 0.1) is 18.8 Å². The van der Waals surface area contributed by atoms with Crippen molar-refractivity contribution in [2.45, 2.75) is 12.0 Å². The summed E-state index contributed by atoms with van der Waals surface area (Å²) in [6.45, 7) is 1.29. The Hall–Kier alpha value is 0.0600. The maximum Gasteiger partial charge on any atom is 0.0598 e. The summed E-state index contributed by atoms with van der Waals surface area (Å²) >= 11 is 5.06. The molecule has 0 aliphatic carbocycles. The lowest BCUT2D eigenvalue weighted by molar-refractivity contribution is -0.0217. The van der Waals surface area contributed by atoms with Crippen LogP contribution in [0.3, 0.4) is 0 Å². The number of halogens is 1. The first kappa shape index (κ1) is 11.5. The number of aliphatic hydroxyl groups excluding tert-OH is 1. The number of hydrogen-bond donors (Lipinski definition) is 2. The van der Waals surface area contributed by atoms with Crippen LogP contribution in [-0.4, -0.2) is 24.9 Å². The van der Waals surface area contributed by atoms with Crippen LogP contribution in [0.2, 0.25) is 0 Å². The molecule has 1 fully saturated rings. The highest BCUT2D eigenvalue weighted by atomic mass is 79.9. The van der Waals surface area contributed by atoms with Crippen molar-refractivity contribution in [1.29, 1.82) is 0 Å². The molecular formula is C10H14BrNO2S. The van der Waals surface area contributed by atoms with E-state index in [2.05, 4.69) is 15.9 Å². The van der Waals surface area contributed by atoms with Gasteiger partial charge in [-0.15, -0.1) is 11.3 Å². The van der Waals surface area contributed by atoms with Crippen molar-refractivity contribution in [2.75, 3.05) is 19.8 Å². The summed E-state index contributed by atoms with van der Waals surface area (Å²) < 4.78 is 6.40. The van der Waals surface area contributed by atoms with E-state index in [1.165, 1.54) is 0 Å². The van der Waals surface area contributed by atoms with Crippen molar-refractivity contribution in [3.05, 3.63) is 20.8 Å². The maximum absolute atomic E-state index is 9.33. The van der Waals surface area contributed by atoms with Gasteiger partial charge in [-0.2, -0.15) is 0 Å². The summed E-state index contributed by atoms with van der Waals surface area (Å²) in [7, 11) is 0. The van der Waals surface area contributed by atoms with Gasteiger partial charge in [-0.3, -0.25) is 0 Å². The van der Waals surface area contributed by atoms with Gasteiger partial charge in [-0.1, -0.05) is 0 Å². The normalized spacial score (nSPS) is 31.8. The van der Waals surface area contributed by atoms with Gasteiger partial charge in [-0.25, -0.2) is 0 Å². The van der Waals surface area contributed by atoms with Gasteiger partial charge in [0.25, 0.3) is 0 Å². The number of rotatable bonds is 2. The van der Waals surface area contributed by atoms with E-state index in [4.69, 9.17) is 10.5 Å². The van der Waals surface area contributed by atoms with Gasteiger partial charge in [0.1, 0.15) is 0 Å². The molecule has 3 N–H and O–H groups in total. The van der Waals surface area contributed by atoms with E-state index in [9.17, 15) is 5.11 Å². The summed E-state index contributed by atoms with van der Waals surface area (Å²) in [4.78, 5) is 1.12. The van der Waals surface area contributed by atoms with Crippen LogP contribution in [0.15, 0.2) is 15.9 Å². The van der Waals surface area contributed by atoms with Crippen LogP contribution in [0.1, 0.15) is 11.3 Å². The minimum absolute atomic E-state index is 0.00296. The third-order valence-corrected chi connectivity index (χ3v) is 4.84. The summed E-state index contributed by atoms with van der Waals surface area (Å²) in [6, 6.07) is 2.04. The third kappa shape index (κ3) is 2.12.